The van der Waals surface area contributed by atoms with Gasteiger partial charge in [0.2, 0.25) is 0 Å². The molecule has 2 nitrogen and oxygen atoms in total. The van der Waals surface area contributed by atoms with Gasteiger partial charge >= 0.3 is 0 Å². The Labute approximate surface area is 103 Å². The second-order valence-electron chi connectivity index (χ2n) is 4.70. The standard InChI is InChI=1S/C13H19NO.ClH/c1-8-3-4-11(7-9(8)2)12(14)13(15)10-5-6-10;/h3-4,7,10,12-13,15H,5-6,14H2,1-2H3;1H/t12-,13+;/m1./s1. The molecule has 2 atom stereocenters. The summed E-state index contributed by atoms with van der Waals surface area (Å²) < 4.78 is 0. The van der Waals surface area contributed by atoms with E-state index in [9.17, 15) is 5.11 Å². The first-order chi connectivity index (χ1) is 7.09. The minimum atomic E-state index is -0.368. The molecule has 0 unspecified atom stereocenters. The Morgan fingerprint density at radius 3 is 2.38 bits per heavy atom. The van der Waals surface area contributed by atoms with Crippen molar-refractivity contribution < 1.29 is 5.11 Å². The van der Waals surface area contributed by atoms with E-state index in [-0.39, 0.29) is 24.6 Å². The average Bonchev–Trinajstić information content (AvgIpc) is 3.03. The van der Waals surface area contributed by atoms with E-state index in [4.69, 9.17) is 5.73 Å². The molecule has 1 aliphatic rings. The second-order valence-corrected chi connectivity index (χ2v) is 4.70. The van der Waals surface area contributed by atoms with Crippen molar-refractivity contribution >= 4 is 12.4 Å². The van der Waals surface area contributed by atoms with Crippen LogP contribution in [0.3, 0.4) is 0 Å². The maximum Gasteiger partial charge on any atom is 0.0760 e. The molecule has 1 fully saturated rings. The number of nitrogens with two attached hydrogens (primary N) is 1. The number of hydrogen-bond acceptors (Lipinski definition) is 2. The summed E-state index contributed by atoms with van der Waals surface area (Å²) in [5, 5.41) is 9.95. The maximum atomic E-state index is 9.95. The van der Waals surface area contributed by atoms with Crippen molar-refractivity contribution in [1.29, 1.82) is 0 Å². The smallest absolute Gasteiger partial charge is 0.0760 e. The molecule has 90 valence electrons. The van der Waals surface area contributed by atoms with E-state index in [1.165, 1.54) is 11.1 Å². The van der Waals surface area contributed by atoms with Crippen LogP contribution in [0.5, 0.6) is 0 Å². The molecule has 0 radical (unpaired) electrons. The number of aryl methyl sites for hydroxylation is 2. The third kappa shape index (κ3) is 2.76. The number of aliphatic hydroxyl groups is 1. The molecule has 0 bridgehead atoms. The zero-order chi connectivity index (χ0) is 11.0. The minimum absolute atomic E-state index is 0. The maximum absolute atomic E-state index is 9.95. The van der Waals surface area contributed by atoms with E-state index >= 15 is 0 Å². The lowest BCUT2D eigenvalue weighted by Crippen LogP contribution is -2.27. The molecule has 1 aromatic carbocycles. The fourth-order valence-corrected chi connectivity index (χ4v) is 1.90. The van der Waals surface area contributed by atoms with E-state index in [0.29, 0.717) is 5.92 Å². The average molecular weight is 242 g/mol. The molecule has 0 saturated heterocycles. The largest absolute Gasteiger partial charge is 0.391 e. The first kappa shape index (κ1) is 13.5. The fraction of sp³-hybridized carbons (Fsp3) is 0.538. The summed E-state index contributed by atoms with van der Waals surface area (Å²) in [6, 6.07) is 5.96. The van der Waals surface area contributed by atoms with E-state index in [1.54, 1.807) is 0 Å². The van der Waals surface area contributed by atoms with E-state index in [0.717, 1.165) is 18.4 Å². The van der Waals surface area contributed by atoms with E-state index < -0.39 is 0 Å². The lowest BCUT2D eigenvalue weighted by molar-refractivity contribution is 0.122. The molecule has 1 saturated carbocycles. The monoisotopic (exact) mass is 241 g/mol. The van der Waals surface area contributed by atoms with Crippen molar-refractivity contribution in [3.8, 4) is 0 Å². The van der Waals surface area contributed by atoms with Crippen molar-refractivity contribution in [3.63, 3.8) is 0 Å². The first-order valence-corrected chi connectivity index (χ1v) is 5.60. The van der Waals surface area contributed by atoms with Gasteiger partial charge in [-0.1, -0.05) is 18.2 Å². The zero-order valence-corrected chi connectivity index (χ0v) is 10.6. The Kier molecular flexibility index (Phi) is 4.36. The normalized spacial score (nSPS) is 18.8. The number of hydrogen-bond donors (Lipinski definition) is 2. The molecule has 3 N–H and O–H groups in total. The highest BCUT2D eigenvalue weighted by Gasteiger charge is 2.34. The second kappa shape index (κ2) is 5.17. The number of halogens is 1. The lowest BCUT2D eigenvalue weighted by Gasteiger charge is -2.19. The molecule has 0 aromatic heterocycles. The fourth-order valence-electron chi connectivity index (χ4n) is 1.90. The van der Waals surface area contributed by atoms with Gasteiger partial charge in [-0.25, -0.2) is 0 Å². The van der Waals surface area contributed by atoms with Crippen LogP contribution in [0.15, 0.2) is 18.2 Å². The predicted octanol–water partition coefficient (Wildman–Crippen LogP) is 2.50. The van der Waals surface area contributed by atoms with Gasteiger partial charge in [-0.3, -0.25) is 0 Å². The predicted molar refractivity (Wildman–Crippen MR) is 68.8 cm³/mol. The van der Waals surface area contributed by atoms with Crippen LogP contribution in [0, 0.1) is 19.8 Å². The number of rotatable bonds is 3. The molecular weight excluding hydrogens is 222 g/mol. The van der Waals surface area contributed by atoms with Crippen LogP contribution < -0.4 is 5.73 Å². The van der Waals surface area contributed by atoms with E-state index in [1.807, 2.05) is 6.07 Å². The highest BCUT2D eigenvalue weighted by molar-refractivity contribution is 5.85. The SMILES string of the molecule is Cc1ccc([C@@H](N)[C@@H](O)C2CC2)cc1C.Cl. The van der Waals surface area contributed by atoms with Crippen LogP contribution in [0.25, 0.3) is 0 Å². The Balaban J connectivity index is 0.00000128. The van der Waals surface area contributed by atoms with Crippen LogP contribution in [0.2, 0.25) is 0 Å². The van der Waals surface area contributed by atoms with Crippen LogP contribution >= 0.6 is 12.4 Å². The van der Waals surface area contributed by atoms with Gasteiger partial charge in [-0.15, -0.1) is 12.4 Å². The topological polar surface area (TPSA) is 46.2 Å². The molecule has 2 rings (SSSR count). The number of benzene rings is 1. The van der Waals surface area contributed by atoms with Crippen LogP contribution in [0.1, 0.15) is 35.6 Å². The molecule has 0 aliphatic heterocycles. The van der Waals surface area contributed by atoms with Gasteiger partial charge < -0.3 is 10.8 Å². The van der Waals surface area contributed by atoms with Crippen LogP contribution in [-0.4, -0.2) is 11.2 Å². The van der Waals surface area contributed by atoms with Gasteiger partial charge in [0.1, 0.15) is 0 Å². The quantitative estimate of drug-likeness (QED) is 0.854. The minimum Gasteiger partial charge on any atom is -0.391 e. The van der Waals surface area contributed by atoms with Crippen LogP contribution in [-0.2, 0) is 0 Å². The van der Waals surface area contributed by atoms with Gasteiger partial charge in [0.05, 0.1) is 12.1 Å². The molecule has 1 aromatic rings. The van der Waals surface area contributed by atoms with Gasteiger partial charge in [-0.05, 0) is 49.3 Å². The highest BCUT2D eigenvalue weighted by Crippen LogP contribution is 2.37. The first-order valence-electron chi connectivity index (χ1n) is 5.60. The van der Waals surface area contributed by atoms with Crippen molar-refractivity contribution in [2.45, 2.75) is 38.8 Å². The Bertz CT molecular complexity index is 363. The molecule has 0 amide bonds. The van der Waals surface area contributed by atoms with Crippen molar-refractivity contribution in [2.24, 2.45) is 11.7 Å². The molecule has 16 heavy (non-hydrogen) atoms. The summed E-state index contributed by atoms with van der Waals surface area (Å²) >= 11 is 0. The molecular formula is C13H20ClNO. The summed E-state index contributed by atoms with van der Waals surface area (Å²) in [5.74, 6) is 0.432. The van der Waals surface area contributed by atoms with Gasteiger partial charge in [0.15, 0.2) is 0 Å². The van der Waals surface area contributed by atoms with Crippen LogP contribution in [0.4, 0.5) is 0 Å². The highest BCUT2D eigenvalue weighted by atomic mass is 35.5. The molecule has 0 spiro atoms. The third-order valence-electron chi connectivity index (χ3n) is 3.39. The van der Waals surface area contributed by atoms with Gasteiger partial charge in [-0.2, -0.15) is 0 Å². The van der Waals surface area contributed by atoms with Gasteiger partial charge in [0.25, 0.3) is 0 Å². The summed E-state index contributed by atoms with van der Waals surface area (Å²) in [7, 11) is 0. The Morgan fingerprint density at radius 2 is 1.88 bits per heavy atom. The summed E-state index contributed by atoms with van der Waals surface area (Å²) in [5.41, 5.74) is 9.61. The summed E-state index contributed by atoms with van der Waals surface area (Å²) in [4.78, 5) is 0. The van der Waals surface area contributed by atoms with Crippen molar-refractivity contribution in [3.05, 3.63) is 34.9 Å². The zero-order valence-electron chi connectivity index (χ0n) is 9.81. The summed E-state index contributed by atoms with van der Waals surface area (Å²) in [6.07, 6.45) is 1.88. The number of aliphatic hydroxyl groups excluding tert-OH is 1. The van der Waals surface area contributed by atoms with Crippen molar-refractivity contribution in [2.75, 3.05) is 0 Å². The third-order valence-corrected chi connectivity index (χ3v) is 3.39. The summed E-state index contributed by atoms with van der Waals surface area (Å²) in [6.45, 7) is 4.16. The van der Waals surface area contributed by atoms with Gasteiger partial charge in [0, 0.05) is 0 Å². The van der Waals surface area contributed by atoms with E-state index in [2.05, 4.69) is 26.0 Å². The lowest BCUT2D eigenvalue weighted by atomic mass is 9.96. The Morgan fingerprint density at radius 1 is 1.25 bits per heavy atom. The molecule has 0 heterocycles. The Hall–Kier alpha value is -0.570. The van der Waals surface area contributed by atoms with Crippen molar-refractivity contribution in [1.82, 2.24) is 0 Å². The molecule has 3 heteroatoms. The molecule has 1 aliphatic carbocycles.